The summed E-state index contributed by atoms with van der Waals surface area (Å²) in [6.45, 7) is 2.55. The zero-order chi connectivity index (χ0) is 14.2. The maximum absolute atomic E-state index is 9.79. The summed E-state index contributed by atoms with van der Waals surface area (Å²) in [6, 6.07) is 0. The molecule has 0 aliphatic carbocycles. The van der Waals surface area contributed by atoms with E-state index in [0.717, 1.165) is 32.1 Å². The molecule has 0 fully saturated rings. The van der Waals surface area contributed by atoms with Crippen molar-refractivity contribution < 1.29 is 10.2 Å². The van der Waals surface area contributed by atoms with Gasteiger partial charge in [0.25, 0.3) is 0 Å². The summed E-state index contributed by atoms with van der Waals surface area (Å²) in [6.07, 6.45) is 16.8. The van der Waals surface area contributed by atoms with Crippen LogP contribution in [0.5, 0.6) is 0 Å². The minimum absolute atomic E-state index is 0.108. The summed E-state index contributed by atoms with van der Waals surface area (Å²) in [5, 5.41) is 18.4. The van der Waals surface area contributed by atoms with Gasteiger partial charge in [-0.15, -0.1) is 0 Å². The highest BCUT2D eigenvalue weighted by atomic mass is 16.3. The molecule has 0 saturated carbocycles. The van der Waals surface area contributed by atoms with Crippen molar-refractivity contribution in [3.8, 4) is 0 Å². The largest absolute Gasteiger partial charge is 0.396 e. The zero-order valence-corrected chi connectivity index (χ0v) is 13.1. The van der Waals surface area contributed by atoms with Gasteiger partial charge in [-0.05, 0) is 19.3 Å². The third kappa shape index (κ3) is 15.9. The number of aliphatic hydroxyl groups is 2. The first kappa shape index (κ1) is 18.9. The van der Waals surface area contributed by atoms with E-state index in [-0.39, 0.29) is 12.7 Å². The second-order valence-corrected chi connectivity index (χ2v) is 5.84. The Morgan fingerprint density at radius 3 is 1.53 bits per heavy atom. The molecule has 0 heterocycles. The van der Waals surface area contributed by atoms with Gasteiger partial charge in [0, 0.05) is 6.61 Å². The van der Waals surface area contributed by atoms with Gasteiger partial charge in [0.1, 0.15) is 0 Å². The van der Waals surface area contributed by atoms with E-state index in [9.17, 15) is 5.11 Å². The average Bonchev–Trinajstić information content (AvgIpc) is 2.42. The molecule has 0 bridgehead atoms. The Labute approximate surface area is 120 Å². The first-order valence-electron chi connectivity index (χ1n) is 8.60. The van der Waals surface area contributed by atoms with Gasteiger partial charge < -0.3 is 10.2 Å². The smallest absolute Gasteiger partial charge is 0.0540 e. The first-order valence-corrected chi connectivity index (χ1v) is 8.60. The average molecular weight is 272 g/mol. The molecule has 0 rings (SSSR count). The van der Waals surface area contributed by atoms with Crippen molar-refractivity contribution in [3.63, 3.8) is 0 Å². The van der Waals surface area contributed by atoms with Crippen LogP contribution in [0.4, 0.5) is 0 Å². The molecule has 0 spiro atoms. The SMILES string of the molecule is CCCCCCCCCCCC(O)CCCCCO. The van der Waals surface area contributed by atoms with Crippen LogP contribution in [0.25, 0.3) is 0 Å². The van der Waals surface area contributed by atoms with Gasteiger partial charge in [-0.1, -0.05) is 77.6 Å². The summed E-state index contributed by atoms with van der Waals surface area (Å²) in [5.74, 6) is 0. The first-order chi connectivity index (χ1) is 9.31. The Morgan fingerprint density at radius 2 is 1.05 bits per heavy atom. The van der Waals surface area contributed by atoms with E-state index in [1.54, 1.807) is 0 Å². The molecule has 0 aliphatic rings. The number of aliphatic hydroxyl groups excluding tert-OH is 2. The van der Waals surface area contributed by atoms with Crippen LogP contribution < -0.4 is 0 Å². The normalized spacial score (nSPS) is 12.8. The van der Waals surface area contributed by atoms with E-state index >= 15 is 0 Å². The highest BCUT2D eigenvalue weighted by molar-refractivity contribution is 4.57. The maximum atomic E-state index is 9.79. The lowest BCUT2D eigenvalue weighted by Crippen LogP contribution is -2.06. The highest BCUT2D eigenvalue weighted by Crippen LogP contribution is 2.13. The molecule has 0 saturated heterocycles. The van der Waals surface area contributed by atoms with E-state index in [1.807, 2.05) is 0 Å². The summed E-state index contributed by atoms with van der Waals surface area (Å²) in [7, 11) is 0. The number of hydrogen-bond donors (Lipinski definition) is 2. The molecule has 2 nitrogen and oxygen atoms in total. The third-order valence-corrected chi connectivity index (χ3v) is 3.84. The predicted molar refractivity (Wildman–Crippen MR) is 83.4 cm³/mol. The fourth-order valence-corrected chi connectivity index (χ4v) is 2.50. The summed E-state index contributed by atoms with van der Waals surface area (Å²) < 4.78 is 0. The lowest BCUT2D eigenvalue weighted by atomic mass is 10.0. The number of rotatable bonds is 15. The molecular formula is C17H36O2. The second kappa shape index (κ2) is 16.0. The van der Waals surface area contributed by atoms with Crippen molar-refractivity contribution in [2.45, 2.75) is 103 Å². The van der Waals surface area contributed by atoms with Gasteiger partial charge in [0.2, 0.25) is 0 Å². The minimum Gasteiger partial charge on any atom is -0.396 e. The molecular weight excluding hydrogens is 236 g/mol. The molecule has 2 N–H and O–H groups in total. The standard InChI is InChI=1S/C17H36O2/c1-2-3-4-5-6-7-8-9-11-14-17(19)15-12-10-13-16-18/h17-19H,2-16H2,1H3. The van der Waals surface area contributed by atoms with Crippen LogP contribution >= 0.6 is 0 Å². The lowest BCUT2D eigenvalue weighted by molar-refractivity contribution is 0.146. The molecule has 0 aromatic heterocycles. The Bertz CT molecular complexity index is 159. The Morgan fingerprint density at radius 1 is 0.632 bits per heavy atom. The van der Waals surface area contributed by atoms with Crippen LogP contribution in [0.1, 0.15) is 96.8 Å². The Kier molecular flexibility index (Phi) is 15.9. The maximum Gasteiger partial charge on any atom is 0.0540 e. The van der Waals surface area contributed by atoms with Crippen LogP contribution in [-0.4, -0.2) is 22.9 Å². The lowest BCUT2D eigenvalue weighted by Gasteiger charge is -2.09. The summed E-state index contributed by atoms with van der Waals surface area (Å²) in [5.41, 5.74) is 0. The quantitative estimate of drug-likeness (QED) is 0.420. The second-order valence-electron chi connectivity index (χ2n) is 5.84. The number of hydrogen-bond acceptors (Lipinski definition) is 2. The highest BCUT2D eigenvalue weighted by Gasteiger charge is 2.03. The molecule has 0 amide bonds. The summed E-state index contributed by atoms with van der Waals surface area (Å²) >= 11 is 0. The molecule has 116 valence electrons. The molecule has 2 heteroatoms. The molecule has 1 unspecified atom stereocenters. The Hall–Kier alpha value is -0.0800. The van der Waals surface area contributed by atoms with E-state index < -0.39 is 0 Å². The van der Waals surface area contributed by atoms with Crippen LogP contribution in [-0.2, 0) is 0 Å². The number of unbranched alkanes of at least 4 members (excludes halogenated alkanes) is 10. The molecule has 19 heavy (non-hydrogen) atoms. The van der Waals surface area contributed by atoms with Crippen LogP contribution in [0.2, 0.25) is 0 Å². The van der Waals surface area contributed by atoms with E-state index in [1.165, 1.54) is 57.8 Å². The van der Waals surface area contributed by atoms with Gasteiger partial charge in [0.15, 0.2) is 0 Å². The van der Waals surface area contributed by atoms with E-state index in [2.05, 4.69) is 6.92 Å². The van der Waals surface area contributed by atoms with Crippen LogP contribution in [0, 0.1) is 0 Å². The monoisotopic (exact) mass is 272 g/mol. The third-order valence-electron chi connectivity index (χ3n) is 3.84. The molecule has 0 radical (unpaired) electrons. The van der Waals surface area contributed by atoms with Crippen molar-refractivity contribution in [2.75, 3.05) is 6.61 Å². The van der Waals surface area contributed by atoms with Crippen molar-refractivity contribution in [2.24, 2.45) is 0 Å². The molecule has 0 aromatic carbocycles. The van der Waals surface area contributed by atoms with Crippen molar-refractivity contribution in [3.05, 3.63) is 0 Å². The van der Waals surface area contributed by atoms with Gasteiger partial charge in [-0.2, -0.15) is 0 Å². The Balaban J connectivity index is 3.07. The van der Waals surface area contributed by atoms with Crippen LogP contribution in [0.3, 0.4) is 0 Å². The van der Waals surface area contributed by atoms with Gasteiger partial charge in [-0.3, -0.25) is 0 Å². The molecule has 0 aromatic rings. The molecule has 0 aliphatic heterocycles. The topological polar surface area (TPSA) is 40.5 Å². The van der Waals surface area contributed by atoms with Crippen molar-refractivity contribution in [1.82, 2.24) is 0 Å². The van der Waals surface area contributed by atoms with E-state index in [0.29, 0.717) is 0 Å². The van der Waals surface area contributed by atoms with Crippen molar-refractivity contribution >= 4 is 0 Å². The van der Waals surface area contributed by atoms with Gasteiger partial charge in [-0.25, -0.2) is 0 Å². The minimum atomic E-state index is -0.108. The molecule has 1 atom stereocenters. The van der Waals surface area contributed by atoms with Gasteiger partial charge >= 0.3 is 0 Å². The van der Waals surface area contributed by atoms with Gasteiger partial charge in [0.05, 0.1) is 6.10 Å². The van der Waals surface area contributed by atoms with E-state index in [4.69, 9.17) is 5.11 Å². The van der Waals surface area contributed by atoms with Crippen molar-refractivity contribution in [1.29, 1.82) is 0 Å². The predicted octanol–water partition coefficient (Wildman–Crippen LogP) is 4.82. The van der Waals surface area contributed by atoms with Crippen LogP contribution in [0.15, 0.2) is 0 Å². The summed E-state index contributed by atoms with van der Waals surface area (Å²) in [4.78, 5) is 0. The zero-order valence-electron chi connectivity index (χ0n) is 13.1. The fourth-order valence-electron chi connectivity index (χ4n) is 2.50. The fraction of sp³-hybridized carbons (Fsp3) is 1.00.